The van der Waals surface area contributed by atoms with Crippen LogP contribution in [0, 0.1) is 5.92 Å². The fourth-order valence-corrected chi connectivity index (χ4v) is 3.92. The van der Waals surface area contributed by atoms with Gasteiger partial charge >= 0.3 is 12.1 Å². The molecule has 0 aliphatic heterocycles. The third-order valence-corrected chi connectivity index (χ3v) is 5.63. The number of amides is 1. The minimum Gasteiger partial charge on any atom is -0.454 e. The van der Waals surface area contributed by atoms with E-state index in [4.69, 9.17) is 0 Å². The zero-order valence-electron chi connectivity index (χ0n) is 13.3. The molecule has 7 nitrogen and oxygen atoms in total. The van der Waals surface area contributed by atoms with E-state index in [1.54, 1.807) is 19.2 Å². The quantitative estimate of drug-likeness (QED) is 0.638. The molecule has 0 fully saturated rings. The van der Waals surface area contributed by atoms with Crippen molar-refractivity contribution in [2.24, 2.45) is 5.92 Å². The largest absolute Gasteiger partial charge is 0.454 e. The van der Waals surface area contributed by atoms with Crippen LogP contribution in [0.3, 0.4) is 0 Å². The fourth-order valence-electron chi connectivity index (χ4n) is 1.57. The van der Waals surface area contributed by atoms with Crippen LogP contribution in [0.2, 0.25) is 0 Å². The van der Waals surface area contributed by atoms with Crippen molar-refractivity contribution in [2.45, 2.75) is 30.3 Å². The number of sulfonamides is 1. The lowest BCUT2D eigenvalue weighted by Crippen LogP contribution is -2.46. The van der Waals surface area contributed by atoms with Crippen molar-refractivity contribution in [1.82, 2.24) is 10.0 Å². The number of alkyl halides is 3. The fraction of sp³-hybridized carbons (Fsp3) is 0.538. The van der Waals surface area contributed by atoms with Crippen molar-refractivity contribution in [2.75, 3.05) is 13.2 Å². The van der Waals surface area contributed by atoms with Crippen LogP contribution < -0.4 is 10.0 Å². The Balaban J connectivity index is 2.64. The van der Waals surface area contributed by atoms with Crippen LogP contribution in [0.15, 0.2) is 21.7 Å². The highest BCUT2D eigenvalue weighted by molar-refractivity contribution is 7.91. The third-order valence-electron chi connectivity index (χ3n) is 2.79. The molecule has 1 heterocycles. The lowest BCUT2D eigenvalue weighted by Gasteiger charge is -2.20. The van der Waals surface area contributed by atoms with E-state index < -0.39 is 53.2 Å². The van der Waals surface area contributed by atoms with Gasteiger partial charge in [-0.1, -0.05) is 19.9 Å². The van der Waals surface area contributed by atoms with Gasteiger partial charge < -0.3 is 10.1 Å². The molecule has 2 N–H and O–H groups in total. The third kappa shape index (κ3) is 7.40. The van der Waals surface area contributed by atoms with Gasteiger partial charge in [0.15, 0.2) is 6.61 Å². The summed E-state index contributed by atoms with van der Waals surface area (Å²) in [5, 5.41) is 3.08. The molecule has 142 valence electrons. The van der Waals surface area contributed by atoms with Crippen LogP contribution in [0.1, 0.15) is 13.8 Å². The van der Waals surface area contributed by atoms with E-state index in [0.717, 1.165) is 11.3 Å². The number of hydrogen-bond donors (Lipinski definition) is 2. The molecule has 12 heteroatoms. The normalized spacial score (nSPS) is 13.5. The van der Waals surface area contributed by atoms with Crippen LogP contribution in [0.25, 0.3) is 0 Å². The summed E-state index contributed by atoms with van der Waals surface area (Å²) in [7, 11) is -3.96. The van der Waals surface area contributed by atoms with Gasteiger partial charge in [-0.25, -0.2) is 8.42 Å². The smallest absolute Gasteiger partial charge is 0.405 e. The molecule has 0 aliphatic rings. The van der Waals surface area contributed by atoms with E-state index in [1.807, 2.05) is 0 Å². The average Bonchev–Trinajstić information content (AvgIpc) is 3.02. The highest BCUT2D eigenvalue weighted by Crippen LogP contribution is 2.17. The van der Waals surface area contributed by atoms with Crippen LogP contribution in [0.4, 0.5) is 13.2 Å². The van der Waals surface area contributed by atoms with Crippen molar-refractivity contribution in [3.05, 3.63) is 17.5 Å². The summed E-state index contributed by atoms with van der Waals surface area (Å²) in [5.74, 6) is -2.72. The first-order chi connectivity index (χ1) is 11.4. The summed E-state index contributed by atoms with van der Waals surface area (Å²) in [4.78, 5) is 23.2. The van der Waals surface area contributed by atoms with Gasteiger partial charge in [0, 0.05) is 0 Å². The minimum absolute atomic E-state index is 0.00568. The van der Waals surface area contributed by atoms with Crippen LogP contribution in [-0.4, -0.2) is 45.7 Å². The van der Waals surface area contributed by atoms with Crippen LogP contribution in [0.5, 0.6) is 0 Å². The molecule has 0 saturated carbocycles. The molecule has 0 aromatic carbocycles. The lowest BCUT2D eigenvalue weighted by atomic mass is 10.1. The highest BCUT2D eigenvalue weighted by atomic mass is 32.2. The maximum Gasteiger partial charge on any atom is 0.405 e. The molecule has 0 saturated heterocycles. The molecule has 0 aliphatic carbocycles. The van der Waals surface area contributed by atoms with E-state index in [0.29, 0.717) is 0 Å². The standard InChI is InChI=1S/C13H17F3N2O5S2/c1-8(2)11(18-25(21,22)10-4-3-5-24-10)12(20)23-6-9(19)17-7-13(14,15)16/h3-5,8,11,18H,6-7H2,1-2H3,(H,17,19)/t11-/m1/s1. The minimum atomic E-state index is -4.59. The van der Waals surface area contributed by atoms with E-state index in [2.05, 4.69) is 9.46 Å². The van der Waals surface area contributed by atoms with Crippen molar-refractivity contribution < 1.29 is 35.9 Å². The predicted molar refractivity (Wildman–Crippen MR) is 83.3 cm³/mol. The summed E-state index contributed by atoms with van der Waals surface area (Å²) in [6, 6.07) is 1.58. The van der Waals surface area contributed by atoms with Crippen molar-refractivity contribution in [3.63, 3.8) is 0 Å². The zero-order valence-corrected chi connectivity index (χ0v) is 14.9. The first-order valence-electron chi connectivity index (χ1n) is 6.98. The number of halogens is 3. The number of carbonyl (C=O) groups excluding carboxylic acids is 2. The number of ether oxygens (including phenoxy) is 1. The average molecular weight is 402 g/mol. The first kappa shape index (κ1) is 21.4. The van der Waals surface area contributed by atoms with Gasteiger partial charge in [0.25, 0.3) is 15.9 Å². The summed E-state index contributed by atoms with van der Waals surface area (Å²) < 4.78 is 67.0. The second kappa shape index (κ2) is 8.63. The summed E-state index contributed by atoms with van der Waals surface area (Å²) in [6.45, 7) is 0.597. The predicted octanol–water partition coefficient (Wildman–Crippen LogP) is 1.27. The molecular weight excluding hydrogens is 385 g/mol. The van der Waals surface area contributed by atoms with E-state index in [9.17, 15) is 31.2 Å². The number of esters is 1. The number of carbonyl (C=O) groups is 2. The number of rotatable bonds is 8. The Morgan fingerprint density at radius 3 is 2.44 bits per heavy atom. The molecule has 1 rings (SSSR count). The molecule has 0 spiro atoms. The first-order valence-corrected chi connectivity index (χ1v) is 9.34. The molecular formula is C13H17F3N2O5S2. The van der Waals surface area contributed by atoms with E-state index in [-0.39, 0.29) is 4.21 Å². The van der Waals surface area contributed by atoms with E-state index >= 15 is 0 Å². The van der Waals surface area contributed by atoms with Gasteiger partial charge in [0.1, 0.15) is 16.8 Å². The number of hydrogen-bond acceptors (Lipinski definition) is 6. The molecule has 0 bridgehead atoms. The van der Waals surface area contributed by atoms with E-state index in [1.165, 1.54) is 17.4 Å². The van der Waals surface area contributed by atoms with Crippen molar-refractivity contribution in [1.29, 1.82) is 0 Å². The topological polar surface area (TPSA) is 102 Å². The monoisotopic (exact) mass is 402 g/mol. The summed E-state index contributed by atoms with van der Waals surface area (Å²) >= 11 is 0.949. The van der Waals surface area contributed by atoms with Crippen LogP contribution in [-0.2, 0) is 24.3 Å². The number of thiophene rings is 1. The Hall–Kier alpha value is -1.66. The maximum absolute atomic E-state index is 12.2. The summed E-state index contributed by atoms with van der Waals surface area (Å²) in [5.41, 5.74) is 0. The molecule has 0 radical (unpaired) electrons. The summed E-state index contributed by atoms with van der Waals surface area (Å²) in [6.07, 6.45) is -4.59. The second-order valence-corrected chi connectivity index (χ2v) is 8.16. The Labute approximate surface area is 146 Å². The maximum atomic E-state index is 12.2. The molecule has 1 aromatic rings. The van der Waals surface area contributed by atoms with Crippen molar-refractivity contribution in [3.8, 4) is 0 Å². The van der Waals surface area contributed by atoms with Crippen molar-refractivity contribution >= 4 is 33.2 Å². The van der Waals surface area contributed by atoms with Gasteiger partial charge in [-0.3, -0.25) is 9.59 Å². The highest BCUT2D eigenvalue weighted by Gasteiger charge is 2.31. The number of nitrogens with one attached hydrogen (secondary N) is 2. The second-order valence-electron chi connectivity index (χ2n) is 5.27. The molecule has 1 amide bonds. The van der Waals surface area contributed by atoms with Gasteiger partial charge in [0.2, 0.25) is 0 Å². The Morgan fingerprint density at radius 2 is 1.96 bits per heavy atom. The Kier molecular flexibility index (Phi) is 7.38. The van der Waals surface area contributed by atoms with Gasteiger partial charge in [0.05, 0.1) is 0 Å². The van der Waals surface area contributed by atoms with Gasteiger partial charge in [-0.15, -0.1) is 11.3 Å². The molecule has 25 heavy (non-hydrogen) atoms. The molecule has 1 aromatic heterocycles. The molecule has 1 atom stereocenters. The SMILES string of the molecule is CC(C)[C@@H](NS(=O)(=O)c1cccs1)C(=O)OCC(=O)NCC(F)(F)F. The molecule has 0 unspecified atom stereocenters. The zero-order chi connectivity index (χ0) is 19.3. The lowest BCUT2D eigenvalue weighted by molar-refractivity contribution is -0.153. The van der Waals surface area contributed by atoms with Gasteiger partial charge in [-0.05, 0) is 17.4 Å². The van der Waals surface area contributed by atoms with Gasteiger partial charge in [-0.2, -0.15) is 17.9 Å². The van der Waals surface area contributed by atoms with Crippen LogP contribution >= 0.6 is 11.3 Å². The Morgan fingerprint density at radius 1 is 1.32 bits per heavy atom. The Bertz CT molecular complexity index is 687.